The minimum absolute atomic E-state index is 0.00924. The molecule has 1 aliphatic rings. The van der Waals surface area contributed by atoms with E-state index in [-0.39, 0.29) is 29.9 Å². The molecule has 0 radical (unpaired) electrons. The maximum absolute atomic E-state index is 14.0. The zero-order chi connectivity index (χ0) is 19.0. The first kappa shape index (κ1) is 20.3. The molecule has 6 nitrogen and oxygen atoms in total. The van der Waals surface area contributed by atoms with Crippen molar-refractivity contribution in [1.29, 1.82) is 0 Å². The second kappa shape index (κ2) is 9.63. The number of ether oxygens (including phenoxy) is 2. The lowest BCUT2D eigenvalue weighted by Crippen LogP contribution is -2.44. The highest BCUT2D eigenvalue weighted by Gasteiger charge is 2.34. The monoisotopic (exact) mass is 375 g/mol. The number of guanidine groups is 1. The van der Waals surface area contributed by atoms with Crippen LogP contribution in [0.5, 0.6) is 5.75 Å². The standard InChI is InChI=1S/C17H24F3N3O3/c1-21-16(23-10-17(5-7-24)6-8-25-11-17)22-9-12-13(18)3-2-4-14(12)26-15(19)20/h2-4,15,24H,5-11H2,1H3,(H2,21,22,23). The van der Waals surface area contributed by atoms with Crippen LogP contribution < -0.4 is 15.4 Å². The highest BCUT2D eigenvalue weighted by atomic mass is 19.3. The summed E-state index contributed by atoms with van der Waals surface area (Å²) >= 11 is 0. The third-order valence-corrected chi connectivity index (χ3v) is 4.41. The molecule has 1 fully saturated rings. The molecule has 26 heavy (non-hydrogen) atoms. The lowest BCUT2D eigenvalue weighted by atomic mass is 9.84. The number of hydrogen-bond donors (Lipinski definition) is 3. The highest BCUT2D eigenvalue weighted by molar-refractivity contribution is 5.79. The first-order valence-electron chi connectivity index (χ1n) is 8.35. The maximum Gasteiger partial charge on any atom is 0.387 e. The molecule has 1 aliphatic heterocycles. The fraction of sp³-hybridized carbons (Fsp3) is 0.588. The number of halogens is 3. The molecule has 2 rings (SSSR count). The van der Waals surface area contributed by atoms with E-state index < -0.39 is 12.4 Å². The number of aliphatic hydroxyl groups excluding tert-OH is 1. The number of benzene rings is 1. The van der Waals surface area contributed by atoms with E-state index in [1.165, 1.54) is 18.2 Å². The Morgan fingerprint density at radius 3 is 2.85 bits per heavy atom. The van der Waals surface area contributed by atoms with Gasteiger partial charge in [-0.2, -0.15) is 8.78 Å². The average Bonchev–Trinajstić information content (AvgIpc) is 3.05. The maximum atomic E-state index is 14.0. The lowest BCUT2D eigenvalue weighted by molar-refractivity contribution is -0.0506. The predicted molar refractivity (Wildman–Crippen MR) is 90.8 cm³/mol. The molecule has 0 amide bonds. The van der Waals surface area contributed by atoms with Crippen LogP contribution in [0.2, 0.25) is 0 Å². The first-order valence-corrected chi connectivity index (χ1v) is 8.35. The Kier molecular flexibility index (Phi) is 7.52. The second-order valence-corrected chi connectivity index (χ2v) is 6.15. The van der Waals surface area contributed by atoms with Crippen LogP contribution in [0.25, 0.3) is 0 Å². The third kappa shape index (κ3) is 5.50. The quantitative estimate of drug-likeness (QED) is 0.478. The molecule has 146 valence electrons. The molecule has 3 N–H and O–H groups in total. The first-order chi connectivity index (χ1) is 12.5. The summed E-state index contributed by atoms with van der Waals surface area (Å²) in [6.07, 6.45) is 1.41. The minimum Gasteiger partial charge on any atom is -0.434 e. The molecule has 1 aromatic rings. The molecule has 1 unspecified atom stereocenters. The van der Waals surface area contributed by atoms with Crippen molar-refractivity contribution in [3.63, 3.8) is 0 Å². The largest absolute Gasteiger partial charge is 0.434 e. The molecule has 1 heterocycles. The van der Waals surface area contributed by atoms with Gasteiger partial charge in [0.2, 0.25) is 0 Å². The summed E-state index contributed by atoms with van der Waals surface area (Å²) in [4.78, 5) is 4.06. The van der Waals surface area contributed by atoms with Gasteiger partial charge in [0.1, 0.15) is 11.6 Å². The van der Waals surface area contributed by atoms with Crippen LogP contribution in [0.1, 0.15) is 18.4 Å². The summed E-state index contributed by atoms with van der Waals surface area (Å²) in [6, 6.07) is 3.77. The van der Waals surface area contributed by atoms with E-state index in [1.807, 2.05) is 0 Å². The normalized spacial score (nSPS) is 20.5. The summed E-state index contributed by atoms with van der Waals surface area (Å²) in [5.74, 6) is -0.476. The molecule has 0 aliphatic carbocycles. The molecule has 0 bridgehead atoms. The highest BCUT2D eigenvalue weighted by Crippen LogP contribution is 2.31. The Labute approximate surface area is 150 Å². The molecule has 1 atom stereocenters. The molecule has 0 aromatic heterocycles. The van der Waals surface area contributed by atoms with E-state index in [0.29, 0.717) is 32.1 Å². The number of aliphatic imine (C=N–C) groups is 1. The zero-order valence-electron chi connectivity index (χ0n) is 14.6. The molecule has 1 saturated heterocycles. The summed E-state index contributed by atoms with van der Waals surface area (Å²) < 4.78 is 48.7. The van der Waals surface area contributed by atoms with Gasteiger partial charge in [-0.05, 0) is 25.0 Å². The average molecular weight is 375 g/mol. The van der Waals surface area contributed by atoms with Crippen molar-refractivity contribution in [3.8, 4) is 5.75 Å². The summed E-state index contributed by atoms with van der Waals surface area (Å²) in [6.45, 7) is -1.36. The molecule has 0 spiro atoms. The Morgan fingerprint density at radius 1 is 1.42 bits per heavy atom. The fourth-order valence-electron chi connectivity index (χ4n) is 2.89. The minimum atomic E-state index is -3.03. The van der Waals surface area contributed by atoms with E-state index in [2.05, 4.69) is 20.4 Å². The number of aliphatic hydroxyl groups is 1. The van der Waals surface area contributed by atoms with Crippen LogP contribution in [0.3, 0.4) is 0 Å². The van der Waals surface area contributed by atoms with Gasteiger partial charge >= 0.3 is 6.61 Å². The number of nitrogens with one attached hydrogen (secondary N) is 2. The van der Waals surface area contributed by atoms with Crippen LogP contribution in [0, 0.1) is 11.2 Å². The number of alkyl halides is 2. The van der Waals surface area contributed by atoms with Crippen molar-refractivity contribution >= 4 is 5.96 Å². The van der Waals surface area contributed by atoms with Crippen molar-refractivity contribution in [3.05, 3.63) is 29.6 Å². The van der Waals surface area contributed by atoms with Gasteiger partial charge in [0.25, 0.3) is 0 Å². The van der Waals surface area contributed by atoms with E-state index in [9.17, 15) is 18.3 Å². The van der Waals surface area contributed by atoms with E-state index >= 15 is 0 Å². The van der Waals surface area contributed by atoms with Gasteiger partial charge in [-0.3, -0.25) is 4.99 Å². The van der Waals surface area contributed by atoms with Gasteiger partial charge in [-0.25, -0.2) is 4.39 Å². The SMILES string of the molecule is CN=C(NCc1c(F)cccc1OC(F)F)NCC1(CCO)CCOC1. The molecule has 9 heteroatoms. The second-order valence-electron chi connectivity index (χ2n) is 6.15. The number of rotatable bonds is 8. The van der Waals surface area contributed by atoms with Crippen molar-refractivity contribution < 1.29 is 27.8 Å². The van der Waals surface area contributed by atoms with Gasteiger partial charge in [0.15, 0.2) is 5.96 Å². The smallest absolute Gasteiger partial charge is 0.387 e. The van der Waals surface area contributed by atoms with E-state index in [0.717, 1.165) is 6.42 Å². The zero-order valence-corrected chi connectivity index (χ0v) is 14.6. The van der Waals surface area contributed by atoms with Crippen molar-refractivity contribution in [2.45, 2.75) is 26.0 Å². The van der Waals surface area contributed by atoms with Crippen molar-refractivity contribution in [2.75, 3.05) is 33.4 Å². The van der Waals surface area contributed by atoms with E-state index in [1.54, 1.807) is 7.05 Å². The molecule has 0 saturated carbocycles. The van der Waals surface area contributed by atoms with E-state index in [4.69, 9.17) is 4.74 Å². The van der Waals surface area contributed by atoms with Gasteiger partial charge in [-0.1, -0.05) is 6.07 Å². The summed E-state index contributed by atoms with van der Waals surface area (Å²) in [7, 11) is 1.55. The van der Waals surface area contributed by atoms with Gasteiger partial charge in [0, 0.05) is 44.3 Å². The van der Waals surface area contributed by atoms with Crippen molar-refractivity contribution in [2.24, 2.45) is 10.4 Å². The predicted octanol–water partition coefficient (Wildman–Crippen LogP) is 1.88. The Bertz CT molecular complexity index is 608. The molecular weight excluding hydrogens is 351 g/mol. The lowest BCUT2D eigenvalue weighted by Gasteiger charge is -2.27. The number of hydrogen-bond acceptors (Lipinski definition) is 4. The van der Waals surface area contributed by atoms with Gasteiger partial charge in [-0.15, -0.1) is 0 Å². The van der Waals surface area contributed by atoms with Crippen LogP contribution in [0.4, 0.5) is 13.2 Å². The third-order valence-electron chi connectivity index (χ3n) is 4.41. The van der Waals surface area contributed by atoms with Crippen LogP contribution in [-0.4, -0.2) is 51.1 Å². The van der Waals surface area contributed by atoms with Gasteiger partial charge in [0.05, 0.1) is 6.61 Å². The van der Waals surface area contributed by atoms with Gasteiger partial charge < -0.3 is 25.2 Å². The number of nitrogens with zero attached hydrogens (tertiary/aromatic N) is 1. The van der Waals surface area contributed by atoms with Crippen LogP contribution in [-0.2, 0) is 11.3 Å². The summed E-state index contributed by atoms with van der Waals surface area (Å²) in [5, 5.41) is 15.3. The van der Waals surface area contributed by atoms with Crippen molar-refractivity contribution in [1.82, 2.24) is 10.6 Å². The molecule has 1 aromatic carbocycles. The summed E-state index contributed by atoms with van der Waals surface area (Å²) in [5.41, 5.74) is -0.195. The fourth-order valence-corrected chi connectivity index (χ4v) is 2.89. The Balaban J connectivity index is 1.97. The Hall–Kier alpha value is -2.00. The van der Waals surface area contributed by atoms with Crippen LogP contribution in [0.15, 0.2) is 23.2 Å². The molecular formula is C17H24F3N3O3. The topological polar surface area (TPSA) is 75.1 Å². The Morgan fingerprint density at radius 2 is 2.23 bits per heavy atom. The van der Waals surface area contributed by atoms with Crippen LogP contribution >= 0.6 is 0 Å².